The third kappa shape index (κ3) is 6.67. The van der Waals surface area contributed by atoms with Crippen molar-refractivity contribution in [3.63, 3.8) is 0 Å². The van der Waals surface area contributed by atoms with E-state index in [9.17, 15) is 9.59 Å². The van der Waals surface area contributed by atoms with Gasteiger partial charge in [-0.2, -0.15) is 0 Å². The lowest BCUT2D eigenvalue weighted by molar-refractivity contribution is -0.120. The molecule has 1 atom stereocenters. The number of carbonyl (C=O) groups excluding carboxylic acids is 2. The van der Waals surface area contributed by atoms with Crippen molar-refractivity contribution in [1.29, 1.82) is 0 Å². The molecular formula is C20H29N5O2S. The van der Waals surface area contributed by atoms with Crippen molar-refractivity contribution in [2.45, 2.75) is 64.0 Å². The summed E-state index contributed by atoms with van der Waals surface area (Å²) < 4.78 is 1.99. The first kappa shape index (κ1) is 21.9. The van der Waals surface area contributed by atoms with Crippen LogP contribution in [0, 0.1) is 12.8 Å². The van der Waals surface area contributed by atoms with Gasteiger partial charge in [0.1, 0.15) is 5.82 Å². The molecule has 0 fully saturated rings. The van der Waals surface area contributed by atoms with Gasteiger partial charge in [-0.1, -0.05) is 55.4 Å². The second kappa shape index (κ2) is 10.3. The van der Waals surface area contributed by atoms with E-state index in [1.807, 2.05) is 42.7 Å². The molecule has 28 heavy (non-hydrogen) atoms. The molecule has 1 heterocycles. The summed E-state index contributed by atoms with van der Waals surface area (Å²) in [5, 5.41) is 11.8. The Bertz CT molecular complexity index is 801. The largest absolute Gasteiger partial charge is 0.370 e. The standard InChI is InChI=1S/C20H29N5O2S/c1-13(2)12-25-18(10-9-17(21)26)23-24-20(25)28-15(4)19(27)22-11-16-7-5-14(3)6-8-16/h5-8,13,15H,9-12H2,1-4H3,(H2,21,26)(H,22,27). The number of nitrogens with zero attached hydrogens (tertiary/aromatic N) is 3. The van der Waals surface area contributed by atoms with Crippen LogP contribution in [0.1, 0.15) is 44.1 Å². The van der Waals surface area contributed by atoms with E-state index >= 15 is 0 Å². The molecule has 0 aliphatic carbocycles. The van der Waals surface area contributed by atoms with Gasteiger partial charge in [-0.3, -0.25) is 9.59 Å². The molecule has 8 heteroatoms. The van der Waals surface area contributed by atoms with Crippen molar-refractivity contribution in [2.75, 3.05) is 0 Å². The topological polar surface area (TPSA) is 103 Å². The average Bonchev–Trinajstić information content (AvgIpc) is 3.00. The van der Waals surface area contributed by atoms with Gasteiger partial charge in [0.2, 0.25) is 11.8 Å². The lowest BCUT2D eigenvalue weighted by atomic mass is 10.1. The second-order valence-electron chi connectivity index (χ2n) is 7.33. The fourth-order valence-corrected chi connectivity index (χ4v) is 3.53. The van der Waals surface area contributed by atoms with Gasteiger partial charge in [-0.05, 0) is 25.3 Å². The monoisotopic (exact) mass is 403 g/mol. The van der Waals surface area contributed by atoms with Gasteiger partial charge < -0.3 is 15.6 Å². The van der Waals surface area contributed by atoms with Crippen molar-refractivity contribution < 1.29 is 9.59 Å². The number of nitrogens with two attached hydrogens (primary N) is 1. The smallest absolute Gasteiger partial charge is 0.233 e. The summed E-state index contributed by atoms with van der Waals surface area (Å²) in [5.74, 6) is 0.691. The molecule has 0 radical (unpaired) electrons. The fourth-order valence-electron chi connectivity index (χ4n) is 2.63. The highest BCUT2D eigenvalue weighted by Crippen LogP contribution is 2.24. The van der Waals surface area contributed by atoms with Crippen LogP contribution in [-0.4, -0.2) is 31.8 Å². The van der Waals surface area contributed by atoms with Crippen molar-refractivity contribution in [2.24, 2.45) is 11.7 Å². The highest BCUT2D eigenvalue weighted by Gasteiger charge is 2.20. The van der Waals surface area contributed by atoms with Crippen molar-refractivity contribution >= 4 is 23.6 Å². The Morgan fingerprint density at radius 3 is 2.46 bits per heavy atom. The highest BCUT2D eigenvalue weighted by atomic mass is 32.2. The zero-order valence-corrected chi connectivity index (χ0v) is 17.8. The quantitative estimate of drug-likeness (QED) is 0.593. The number of rotatable bonds is 10. The van der Waals surface area contributed by atoms with Crippen LogP contribution in [0.4, 0.5) is 0 Å². The van der Waals surface area contributed by atoms with E-state index in [-0.39, 0.29) is 23.5 Å². The van der Waals surface area contributed by atoms with E-state index in [0.29, 0.717) is 24.0 Å². The van der Waals surface area contributed by atoms with Gasteiger partial charge >= 0.3 is 0 Å². The summed E-state index contributed by atoms with van der Waals surface area (Å²) in [4.78, 5) is 23.6. The Morgan fingerprint density at radius 1 is 1.18 bits per heavy atom. The first-order valence-corrected chi connectivity index (χ1v) is 10.3. The van der Waals surface area contributed by atoms with Crippen LogP contribution in [0.5, 0.6) is 0 Å². The molecule has 152 valence electrons. The van der Waals surface area contributed by atoms with E-state index in [4.69, 9.17) is 5.73 Å². The Morgan fingerprint density at radius 2 is 1.86 bits per heavy atom. The molecule has 0 saturated carbocycles. The molecule has 0 aliphatic heterocycles. The van der Waals surface area contributed by atoms with E-state index in [1.54, 1.807) is 0 Å². The number of nitrogens with one attached hydrogen (secondary N) is 1. The minimum absolute atomic E-state index is 0.0524. The van der Waals surface area contributed by atoms with E-state index < -0.39 is 0 Å². The molecule has 2 aromatic rings. The van der Waals surface area contributed by atoms with E-state index in [2.05, 4.69) is 29.4 Å². The predicted octanol–water partition coefficient (Wildman–Crippen LogP) is 2.46. The van der Waals surface area contributed by atoms with Gasteiger partial charge in [0.15, 0.2) is 5.16 Å². The van der Waals surface area contributed by atoms with Crippen LogP contribution in [0.2, 0.25) is 0 Å². The summed E-state index contributed by atoms with van der Waals surface area (Å²) >= 11 is 1.37. The molecule has 1 unspecified atom stereocenters. The maximum atomic E-state index is 12.5. The minimum atomic E-state index is -0.364. The lowest BCUT2D eigenvalue weighted by Gasteiger charge is -2.15. The van der Waals surface area contributed by atoms with Crippen molar-refractivity contribution in [3.8, 4) is 0 Å². The van der Waals surface area contributed by atoms with Crippen LogP contribution in [0.25, 0.3) is 0 Å². The number of primary amides is 1. The summed E-state index contributed by atoms with van der Waals surface area (Å²) in [6, 6.07) is 8.08. The lowest BCUT2D eigenvalue weighted by Crippen LogP contribution is -2.30. The van der Waals surface area contributed by atoms with Crippen LogP contribution in [0.3, 0.4) is 0 Å². The highest BCUT2D eigenvalue weighted by molar-refractivity contribution is 8.00. The van der Waals surface area contributed by atoms with E-state index in [0.717, 1.165) is 17.9 Å². The molecule has 3 N–H and O–H groups in total. The van der Waals surface area contributed by atoms with Gasteiger partial charge in [0.05, 0.1) is 5.25 Å². The van der Waals surface area contributed by atoms with Crippen LogP contribution >= 0.6 is 11.8 Å². The molecule has 1 aromatic carbocycles. The number of aromatic nitrogens is 3. The Balaban J connectivity index is 2.00. The normalized spacial score (nSPS) is 12.2. The number of amides is 2. The number of hydrogen-bond acceptors (Lipinski definition) is 5. The molecule has 7 nitrogen and oxygen atoms in total. The van der Waals surface area contributed by atoms with Crippen LogP contribution in [0.15, 0.2) is 29.4 Å². The molecule has 2 rings (SSSR count). The molecule has 0 bridgehead atoms. The SMILES string of the molecule is Cc1ccc(CNC(=O)C(C)Sc2nnc(CCC(N)=O)n2CC(C)C)cc1. The average molecular weight is 404 g/mol. The predicted molar refractivity (Wildman–Crippen MR) is 111 cm³/mol. The Hall–Kier alpha value is -2.35. The first-order chi connectivity index (χ1) is 13.3. The number of benzene rings is 1. The van der Waals surface area contributed by atoms with Crippen molar-refractivity contribution in [3.05, 3.63) is 41.2 Å². The minimum Gasteiger partial charge on any atom is -0.370 e. The number of carbonyl (C=O) groups is 2. The Kier molecular flexibility index (Phi) is 8.04. The maximum Gasteiger partial charge on any atom is 0.233 e. The third-order valence-electron chi connectivity index (χ3n) is 4.17. The summed E-state index contributed by atoms with van der Waals surface area (Å²) in [6.07, 6.45) is 0.678. The summed E-state index contributed by atoms with van der Waals surface area (Å²) in [6.45, 7) is 9.31. The number of aryl methyl sites for hydroxylation is 2. The zero-order chi connectivity index (χ0) is 20.7. The van der Waals surface area contributed by atoms with E-state index in [1.165, 1.54) is 17.3 Å². The van der Waals surface area contributed by atoms with Gasteiger partial charge in [-0.15, -0.1) is 10.2 Å². The fraction of sp³-hybridized carbons (Fsp3) is 0.500. The zero-order valence-electron chi connectivity index (χ0n) is 16.9. The van der Waals surface area contributed by atoms with Crippen LogP contribution < -0.4 is 11.1 Å². The number of thioether (sulfide) groups is 1. The summed E-state index contributed by atoms with van der Waals surface area (Å²) in [7, 11) is 0. The van der Waals surface area contributed by atoms with Gasteiger partial charge in [0.25, 0.3) is 0 Å². The molecule has 1 aromatic heterocycles. The van der Waals surface area contributed by atoms with Crippen molar-refractivity contribution in [1.82, 2.24) is 20.1 Å². The molecule has 0 spiro atoms. The van der Waals surface area contributed by atoms with Crippen LogP contribution in [-0.2, 0) is 29.1 Å². The molecular weight excluding hydrogens is 374 g/mol. The van der Waals surface area contributed by atoms with Gasteiger partial charge in [0, 0.05) is 25.9 Å². The maximum absolute atomic E-state index is 12.5. The van der Waals surface area contributed by atoms with Gasteiger partial charge in [-0.25, -0.2) is 0 Å². The summed E-state index contributed by atoms with van der Waals surface area (Å²) in [5.41, 5.74) is 7.51. The second-order valence-corrected chi connectivity index (χ2v) is 8.64. The first-order valence-electron chi connectivity index (χ1n) is 9.46. The molecule has 2 amide bonds. The molecule has 0 aliphatic rings. The molecule has 0 saturated heterocycles. The Labute approximate surface area is 170 Å². The third-order valence-corrected chi connectivity index (χ3v) is 5.26. The number of hydrogen-bond donors (Lipinski definition) is 2.